The molecule has 2 heterocycles. The number of hydrogen-bond acceptors (Lipinski definition) is 9. The fourth-order valence-electron chi connectivity index (χ4n) is 4.18. The number of aromatic nitrogens is 4. The normalized spacial score (nSPS) is 20.8. The second-order valence-electron chi connectivity index (χ2n) is 8.45. The third-order valence-electron chi connectivity index (χ3n) is 5.98. The van der Waals surface area contributed by atoms with E-state index in [4.69, 9.17) is 4.74 Å². The molecule has 0 bridgehead atoms. The highest BCUT2D eigenvalue weighted by Gasteiger charge is 2.41. The minimum Gasteiger partial charge on any atom is -0.468 e. The maximum Gasteiger partial charge on any atom is 0.327 e. The molecule has 1 aromatic carbocycles. The van der Waals surface area contributed by atoms with Crippen molar-refractivity contribution in [3.05, 3.63) is 47.0 Å². The van der Waals surface area contributed by atoms with Crippen LogP contribution in [-0.2, 0) is 25.7 Å². The molecule has 1 saturated carbocycles. The van der Waals surface area contributed by atoms with Gasteiger partial charge in [0, 0.05) is 36.7 Å². The Bertz CT molecular complexity index is 1120. The first-order valence-electron chi connectivity index (χ1n) is 11.1. The highest BCUT2D eigenvalue weighted by molar-refractivity contribution is 8.14. The van der Waals surface area contributed by atoms with E-state index in [1.807, 2.05) is 4.90 Å². The zero-order chi connectivity index (χ0) is 24.2. The zero-order valence-corrected chi connectivity index (χ0v) is 19.8. The average molecular weight is 488 g/mol. The van der Waals surface area contributed by atoms with Crippen molar-refractivity contribution in [3.63, 3.8) is 0 Å². The van der Waals surface area contributed by atoms with Crippen molar-refractivity contribution in [1.82, 2.24) is 25.1 Å². The first kappa shape index (κ1) is 24.2. The minimum absolute atomic E-state index is 0.0256. The Hall–Kier alpha value is -2.92. The molecule has 11 heteroatoms. The van der Waals surface area contributed by atoms with Crippen LogP contribution < -0.4 is 0 Å². The summed E-state index contributed by atoms with van der Waals surface area (Å²) in [6.45, 7) is 2.23. The predicted octanol–water partition coefficient (Wildman–Crippen LogP) is 2.44. The Labute approximate surface area is 200 Å². The van der Waals surface area contributed by atoms with Crippen LogP contribution in [-0.4, -0.2) is 67.4 Å². The lowest BCUT2D eigenvalue weighted by molar-refractivity contribution is -0.141. The molecule has 2 aromatic rings. The number of hydrogen-bond donors (Lipinski definition) is 0. The largest absolute Gasteiger partial charge is 0.468 e. The van der Waals surface area contributed by atoms with E-state index in [-0.39, 0.29) is 28.6 Å². The lowest BCUT2D eigenvalue weighted by Gasteiger charge is -2.38. The van der Waals surface area contributed by atoms with Gasteiger partial charge in [0.05, 0.1) is 13.2 Å². The van der Waals surface area contributed by atoms with Crippen LogP contribution in [0.2, 0.25) is 0 Å². The smallest absolute Gasteiger partial charge is 0.327 e. The van der Waals surface area contributed by atoms with Crippen LogP contribution in [0.3, 0.4) is 0 Å². The number of benzene rings is 1. The quantitative estimate of drug-likeness (QED) is 0.519. The molecule has 1 aromatic heterocycles. The number of rotatable bonds is 8. The molecule has 4 rings (SSSR count). The van der Waals surface area contributed by atoms with Crippen molar-refractivity contribution in [3.8, 4) is 0 Å². The fourth-order valence-corrected chi connectivity index (χ4v) is 5.09. The Morgan fingerprint density at radius 2 is 2.03 bits per heavy atom. The Balaban J connectivity index is 1.67. The number of nitrogens with zero attached hydrogens (tertiary/aromatic N) is 5. The van der Waals surface area contributed by atoms with E-state index < -0.39 is 17.8 Å². The number of likely N-dealkylation sites (tertiary alicyclic amines) is 1. The van der Waals surface area contributed by atoms with Gasteiger partial charge in [0.2, 0.25) is 0 Å². The average Bonchev–Trinajstić information content (AvgIpc) is 3.58. The highest BCUT2D eigenvalue weighted by Crippen LogP contribution is 2.40. The van der Waals surface area contributed by atoms with Gasteiger partial charge in [-0.1, -0.05) is 30.0 Å². The molecule has 0 amide bonds. The molecule has 0 N–H and O–H groups in total. The summed E-state index contributed by atoms with van der Waals surface area (Å²) in [6, 6.07) is 5.68. The number of piperidine rings is 1. The Kier molecular flexibility index (Phi) is 7.52. The number of tetrazole rings is 1. The predicted molar refractivity (Wildman–Crippen MR) is 123 cm³/mol. The molecule has 9 nitrogen and oxygen atoms in total. The summed E-state index contributed by atoms with van der Waals surface area (Å²) in [6.07, 6.45) is 3.99. The maximum absolute atomic E-state index is 14.8. The van der Waals surface area contributed by atoms with Crippen LogP contribution in [0.5, 0.6) is 0 Å². The van der Waals surface area contributed by atoms with Crippen molar-refractivity contribution in [2.75, 3.05) is 20.2 Å². The summed E-state index contributed by atoms with van der Waals surface area (Å²) >= 11 is 1.21. The molecule has 0 spiro atoms. The van der Waals surface area contributed by atoms with Gasteiger partial charge in [-0.3, -0.25) is 19.3 Å². The van der Waals surface area contributed by atoms with Gasteiger partial charge in [0.1, 0.15) is 12.4 Å². The maximum atomic E-state index is 14.8. The lowest BCUT2D eigenvalue weighted by Crippen LogP contribution is -2.43. The van der Waals surface area contributed by atoms with E-state index in [2.05, 4.69) is 15.5 Å². The topological polar surface area (TPSA) is 107 Å². The van der Waals surface area contributed by atoms with E-state index in [0.29, 0.717) is 30.9 Å². The summed E-state index contributed by atoms with van der Waals surface area (Å²) in [5, 5.41) is 11.3. The summed E-state index contributed by atoms with van der Waals surface area (Å²) < 4.78 is 20.8. The molecule has 1 aliphatic carbocycles. The number of carbonyl (C=O) groups is 3. The van der Waals surface area contributed by atoms with E-state index in [1.165, 1.54) is 36.5 Å². The molecular formula is C23H26FN5O4S. The SMILES string of the molecule is COC(=O)Cn1nnnc1/C=C1\CN(C(C(=O)C2CC2)c2ccccc2F)CCC1SC(C)=O. The van der Waals surface area contributed by atoms with Gasteiger partial charge >= 0.3 is 5.97 Å². The van der Waals surface area contributed by atoms with Crippen LogP contribution in [0.15, 0.2) is 29.8 Å². The van der Waals surface area contributed by atoms with E-state index in [9.17, 15) is 18.8 Å². The van der Waals surface area contributed by atoms with Crippen molar-refractivity contribution in [2.45, 2.75) is 44.0 Å². The molecule has 2 unspecified atom stereocenters. The van der Waals surface area contributed by atoms with Crippen molar-refractivity contribution in [1.29, 1.82) is 0 Å². The molecule has 180 valence electrons. The van der Waals surface area contributed by atoms with Crippen LogP contribution in [0, 0.1) is 11.7 Å². The highest BCUT2D eigenvalue weighted by atomic mass is 32.2. The second kappa shape index (κ2) is 10.6. The number of ether oxygens (including phenoxy) is 1. The Morgan fingerprint density at radius 3 is 2.71 bits per heavy atom. The molecule has 0 radical (unpaired) electrons. The van der Waals surface area contributed by atoms with Crippen molar-refractivity contribution < 1.29 is 23.5 Å². The van der Waals surface area contributed by atoms with Crippen LogP contribution >= 0.6 is 11.8 Å². The third kappa shape index (κ3) is 5.58. The number of esters is 1. The van der Waals surface area contributed by atoms with Crippen molar-refractivity contribution >= 4 is 34.7 Å². The summed E-state index contributed by atoms with van der Waals surface area (Å²) in [7, 11) is 1.28. The molecule has 34 heavy (non-hydrogen) atoms. The molecule has 2 atom stereocenters. The van der Waals surface area contributed by atoms with E-state index in [1.54, 1.807) is 24.3 Å². The Morgan fingerprint density at radius 1 is 1.26 bits per heavy atom. The number of Topliss-reactive ketones (excluding diaryl/α,β-unsaturated/α-hetero) is 1. The third-order valence-corrected chi connectivity index (χ3v) is 7.14. The molecule has 2 aliphatic rings. The number of thioether (sulfide) groups is 1. The summed E-state index contributed by atoms with van der Waals surface area (Å²) in [5.41, 5.74) is 1.20. The number of methoxy groups -OCH3 is 1. The van der Waals surface area contributed by atoms with Gasteiger partial charge in [-0.05, 0) is 47.4 Å². The summed E-state index contributed by atoms with van der Waals surface area (Å²) in [5.74, 6) is -0.588. The fraction of sp³-hybridized carbons (Fsp3) is 0.478. The number of halogens is 1. The lowest BCUT2D eigenvalue weighted by atomic mass is 9.93. The first-order valence-corrected chi connectivity index (χ1v) is 12.0. The number of ketones is 1. The van der Waals surface area contributed by atoms with Gasteiger partial charge in [-0.25, -0.2) is 9.07 Å². The standard InChI is InChI=1S/C23H26FN5O4S/c1-14(30)34-19-9-10-28(12-16(19)11-20-25-26-27-29(20)13-21(31)33-2)22(23(32)15-7-8-15)17-5-3-4-6-18(17)24/h3-6,11,15,19,22H,7-10,12-13H2,1-2H3/b16-11+. The number of carbonyl (C=O) groups excluding carboxylic acids is 3. The van der Waals surface area contributed by atoms with E-state index >= 15 is 0 Å². The van der Waals surface area contributed by atoms with Gasteiger partial charge in [-0.2, -0.15) is 0 Å². The minimum atomic E-state index is -0.702. The zero-order valence-electron chi connectivity index (χ0n) is 19.0. The molecule has 1 saturated heterocycles. The molecule has 1 aliphatic heterocycles. The molecular weight excluding hydrogens is 461 g/mol. The van der Waals surface area contributed by atoms with Crippen molar-refractivity contribution in [2.24, 2.45) is 5.92 Å². The monoisotopic (exact) mass is 487 g/mol. The van der Waals surface area contributed by atoms with Gasteiger partial charge < -0.3 is 4.74 Å². The van der Waals surface area contributed by atoms with Crippen LogP contribution in [0.25, 0.3) is 6.08 Å². The van der Waals surface area contributed by atoms with Gasteiger partial charge in [-0.15, -0.1) is 5.10 Å². The van der Waals surface area contributed by atoms with E-state index in [0.717, 1.165) is 18.4 Å². The van der Waals surface area contributed by atoms with Crippen LogP contribution in [0.4, 0.5) is 4.39 Å². The van der Waals surface area contributed by atoms with Gasteiger partial charge in [0.15, 0.2) is 16.7 Å². The summed E-state index contributed by atoms with van der Waals surface area (Å²) in [4.78, 5) is 38.9. The first-order chi connectivity index (χ1) is 16.4. The van der Waals surface area contributed by atoms with Gasteiger partial charge in [0.25, 0.3) is 0 Å². The molecule has 2 fully saturated rings. The second-order valence-corrected chi connectivity index (χ2v) is 9.83. The van der Waals surface area contributed by atoms with Crippen LogP contribution in [0.1, 0.15) is 43.6 Å².